The van der Waals surface area contributed by atoms with E-state index >= 15 is 0 Å². The van der Waals surface area contributed by atoms with Gasteiger partial charge < -0.3 is 9.88 Å². The highest BCUT2D eigenvalue weighted by Gasteiger charge is 2.34. The molecule has 29 heavy (non-hydrogen) atoms. The maximum absolute atomic E-state index is 12.8. The van der Waals surface area contributed by atoms with Crippen LogP contribution in [0.3, 0.4) is 0 Å². The Labute approximate surface area is 180 Å². The zero-order valence-electron chi connectivity index (χ0n) is 18.7. The fraction of sp³-hybridized carbons (Fsp3) is 0.542. The molecule has 0 radical (unpaired) electrons. The zero-order valence-corrected chi connectivity index (χ0v) is 19.5. The van der Waals surface area contributed by atoms with Gasteiger partial charge in [0.05, 0.1) is 19.2 Å². The lowest BCUT2D eigenvalue weighted by molar-refractivity contribution is 0.173. The maximum Gasteiger partial charge on any atom is 0.257 e. The van der Waals surface area contributed by atoms with Crippen LogP contribution in [0.2, 0.25) is 5.02 Å². The third-order valence-corrected chi connectivity index (χ3v) is 6.90. The SMILES string of the molecule is Cc1cc(C)c(C[N+](C)(CC2CCN(C)CC2)c2cc(Cl)cc(C)c2C)c(=O)[nH]1. The van der Waals surface area contributed by atoms with E-state index in [0.717, 1.165) is 41.5 Å². The fourth-order valence-corrected chi connectivity index (χ4v) is 5.11. The lowest BCUT2D eigenvalue weighted by Crippen LogP contribution is -2.51. The number of likely N-dealkylation sites (tertiary alicyclic amines) is 1. The molecule has 1 fully saturated rings. The molecule has 0 aliphatic carbocycles. The van der Waals surface area contributed by atoms with Crippen LogP contribution in [0.4, 0.5) is 5.69 Å². The second-order valence-electron chi connectivity index (χ2n) is 9.29. The molecule has 0 saturated carbocycles. The van der Waals surface area contributed by atoms with Crippen LogP contribution in [0.5, 0.6) is 0 Å². The van der Waals surface area contributed by atoms with Crippen molar-refractivity contribution in [3.63, 3.8) is 0 Å². The predicted octanol–water partition coefficient (Wildman–Crippen LogP) is 4.74. The third-order valence-electron chi connectivity index (χ3n) is 6.69. The summed E-state index contributed by atoms with van der Waals surface area (Å²) < 4.78 is 0.703. The topological polar surface area (TPSA) is 36.1 Å². The third kappa shape index (κ3) is 4.93. The molecule has 1 aromatic carbocycles. The number of aromatic nitrogens is 1. The first-order valence-corrected chi connectivity index (χ1v) is 11.0. The Hall–Kier alpha value is -1.62. The Morgan fingerprint density at radius 1 is 1.10 bits per heavy atom. The quantitative estimate of drug-likeness (QED) is 0.714. The molecule has 2 aromatic rings. The first kappa shape index (κ1) is 22.1. The van der Waals surface area contributed by atoms with E-state index in [-0.39, 0.29) is 5.56 Å². The molecule has 0 amide bonds. The van der Waals surface area contributed by atoms with Crippen molar-refractivity contribution in [2.75, 3.05) is 33.7 Å². The van der Waals surface area contributed by atoms with Crippen LogP contribution in [0.15, 0.2) is 23.0 Å². The van der Waals surface area contributed by atoms with Gasteiger partial charge in [-0.05, 0) is 83.9 Å². The van der Waals surface area contributed by atoms with Gasteiger partial charge in [0.15, 0.2) is 0 Å². The molecular formula is C24H35ClN3O+. The van der Waals surface area contributed by atoms with E-state index in [1.165, 1.54) is 29.7 Å². The summed E-state index contributed by atoms with van der Waals surface area (Å²) in [5.41, 5.74) is 6.59. The molecule has 1 aliphatic rings. The van der Waals surface area contributed by atoms with Gasteiger partial charge in [-0.3, -0.25) is 9.28 Å². The lowest BCUT2D eigenvalue weighted by Gasteiger charge is -2.40. The van der Waals surface area contributed by atoms with Gasteiger partial charge in [0, 0.05) is 28.3 Å². The minimum atomic E-state index is 0.0339. The van der Waals surface area contributed by atoms with Gasteiger partial charge in [0.1, 0.15) is 12.2 Å². The molecule has 1 aliphatic heterocycles. The summed E-state index contributed by atoms with van der Waals surface area (Å²) in [6, 6.07) is 6.22. The second kappa shape index (κ2) is 8.63. The molecule has 1 atom stereocenters. The van der Waals surface area contributed by atoms with E-state index in [4.69, 9.17) is 11.6 Å². The number of quaternary nitrogens is 1. The van der Waals surface area contributed by atoms with Crippen molar-refractivity contribution in [1.82, 2.24) is 14.4 Å². The number of aromatic amines is 1. The molecule has 3 rings (SSSR count). The van der Waals surface area contributed by atoms with Crippen LogP contribution < -0.4 is 10.0 Å². The van der Waals surface area contributed by atoms with Crippen LogP contribution in [-0.4, -0.2) is 43.6 Å². The Balaban J connectivity index is 2.06. The molecule has 0 spiro atoms. The smallest absolute Gasteiger partial charge is 0.257 e. The van der Waals surface area contributed by atoms with E-state index < -0.39 is 0 Å². The largest absolute Gasteiger partial charge is 0.326 e. The van der Waals surface area contributed by atoms with E-state index in [9.17, 15) is 4.79 Å². The van der Waals surface area contributed by atoms with Crippen molar-refractivity contribution in [2.24, 2.45) is 5.92 Å². The number of hydrogen-bond donors (Lipinski definition) is 1. The summed E-state index contributed by atoms with van der Waals surface area (Å²) in [5.74, 6) is 0.639. The number of rotatable bonds is 5. The molecule has 1 unspecified atom stereocenters. The summed E-state index contributed by atoms with van der Waals surface area (Å²) in [5, 5.41) is 0.769. The summed E-state index contributed by atoms with van der Waals surface area (Å²) in [7, 11) is 4.47. The van der Waals surface area contributed by atoms with E-state index in [0.29, 0.717) is 16.9 Å². The number of halogens is 1. The Bertz CT molecular complexity index is 944. The fourth-order valence-electron chi connectivity index (χ4n) is 4.85. The number of benzene rings is 1. The first-order chi connectivity index (χ1) is 13.6. The predicted molar refractivity (Wildman–Crippen MR) is 124 cm³/mol. The molecular weight excluding hydrogens is 382 g/mol. The maximum atomic E-state index is 12.8. The van der Waals surface area contributed by atoms with E-state index in [1.54, 1.807) is 0 Å². The van der Waals surface area contributed by atoms with E-state index in [2.05, 4.69) is 50.0 Å². The number of aryl methyl sites for hydroxylation is 3. The van der Waals surface area contributed by atoms with Gasteiger partial charge in [-0.2, -0.15) is 0 Å². The van der Waals surface area contributed by atoms with Crippen LogP contribution in [0.25, 0.3) is 0 Å². The molecule has 0 bridgehead atoms. The summed E-state index contributed by atoms with van der Waals surface area (Å²) in [6.07, 6.45) is 2.40. The van der Waals surface area contributed by atoms with Crippen molar-refractivity contribution < 1.29 is 0 Å². The van der Waals surface area contributed by atoms with Gasteiger partial charge in [0.25, 0.3) is 5.56 Å². The Morgan fingerprint density at radius 2 is 1.76 bits per heavy atom. The monoisotopic (exact) mass is 416 g/mol. The molecule has 1 N–H and O–H groups in total. The van der Waals surface area contributed by atoms with Gasteiger partial charge >= 0.3 is 0 Å². The molecule has 158 valence electrons. The van der Waals surface area contributed by atoms with Gasteiger partial charge in [-0.15, -0.1) is 0 Å². The normalized spacial score (nSPS) is 18.0. The van der Waals surface area contributed by atoms with Crippen LogP contribution in [0.1, 0.15) is 40.8 Å². The summed E-state index contributed by atoms with van der Waals surface area (Å²) in [6.45, 7) is 12.3. The minimum Gasteiger partial charge on any atom is -0.326 e. The van der Waals surface area contributed by atoms with Crippen molar-refractivity contribution in [3.05, 3.63) is 61.5 Å². The van der Waals surface area contributed by atoms with Crippen LogP contribution in [-0.2, 0) is 6.54 Å². The molecule has 1 aromatic heterocycles. The number of nitrogens with one attached hydrogen (secondary N) is 1. The van der Waals surface area contributed by atoms with Gasteiger partial charge in [0.2, 0.25) is 0 Å². The Morgan fingerprint density at radius 3 is 2.38 bits per heavy atom. The summed E-state index contributed by atoms with van der Waals surface area (Å²) in [4.78, 5) is 18.2. The number of nitrogens with zero attached hydrogens (tertiary/aromatic N) is 2. The van der Waals surface area contributed by atoms with E-state index in [1.807, 2.05) is 19.9 Å². The number of hydrogen-bond acceptors (Lipinski definition) is 2. The zero-order chi connectivity index (χ0) is 21.3. The van der Waals surface area contributed by atoms with Crippen molar-refractivity contribution >= 4 is 17.3 Å². The molecule has 1 saturated heterocycles. The number of H-pyrrole nitrogens is 1. The highest BCUT2D eigenvalue weighted by atomic mass is 35.5. The highest BCUT2D eigenvalue weighted by molar-refractivity contribution is 6.31. The second-order valence-corrected chi connectivity index (χ2v) is 9.73. The lowest BCUT2D eigenvalue weighted by atomic mass is 9.93. The van der Waals surface area contributed by atoms with Crippen LogP contribution in [0, 0.1) is 33.6 Å². The van der Waals surface area contributed by atoms with Crippen molar-refractivity contribution in [1.29, 1.82) is 0 Å². The minimum absolute atomic E-state index is 0.0339. The average Bonchev–Trinajstić information content (AvgIpc) is 2.63. The summed E-state index contributed by atoms with van der Waals surface area (Å²) >= 11 is 6.49. The van der Waals surface area contributed by atoms with Gasteiger partial charge in [-0.25, -0.2) is 0 Å². The van der Waals surface area contributed by atoms with Crippen molar-refractivity contribution in [2.45, 2.75) is 47.1 Å². The molecule has 5 heteroatoms. The number of pyridine rings is 1. The Kier molecular flexibility index (Phi) is 6.57. The molecule has 4 nitrogen and oxygen atoms in total. The molecule has 2 heterocycles. The standard InChI is InChI=1S/C24H34ClN3O/c1-16-12-21(25)13-23(19(16)4)28(6,14-20-7-9-27(5)10-8-20)15-22-17(2)11-18(3)26-24(22)29/h11-13,20H,7-10,14-15H2,1-6H3/p+1. The average molecular weight is 417 g/mol. The first-order valence-electron chi connectivity index (χ1n) is 10.6. The van der Waals surface area contributed by atoms with Gasteiger partial charge in [-0.1, -0.05) is 11.6 Å². The van der Waals surface area contributed by atoms with Crippen molar-refractivity contribution in [3.8, 4) is 0 Å². The van der Waals surface area contributed by atoms with Crippen LogP contribution >= 0.6 is 11.6 Å². The highest BCUT2D eigenvalue weighted by Crippen LogP contribution is 2.35. The number of piperidine rings is 1.